The Morgan fingerprint density at radius 1 is 1.24 bits per heavy atom. The van der Waals surface area contributed by atoms with Gasteiger partial charge in [0.25, 0.3) is 0 Å². The van der Waals surface area contributed by atoms with Crippen LogP contribution >= 0.6 is 0 Å². The van der Waals surface area contributed by atoms with Crippen molar-refractivity contribution in [1.82, 2.24) is 9.78 Å². The summed E-state index contributed by atoms with van der Waals surface area (Å²) in [6, 6.07) is 9.22. The Kier molecular flexibility index (Phi) is 3.18. The van der Waals surface area contributed by atoms with Crippen LogP contribution in [-0.2, 0) is 13.7 Å². The number of nitrogen functional groups attached to an aromatic ring is 1. The fraction of sp³-hybridized carbons (Fsp3) is 0.250. The predicted molar refractivity (Wildman–Crippen MR) is 64.9 cm³/mol. The molecule has 2 rings (SSSR count). The standard InChI is InChI=1S/C12H15N3O2/c1-15-9(7-12(13)14-15)8-17-11-5-3-10(16-2)4-6-11/h3-7H,8H2,1-2H3,(H2,13,14). The maximum Gasteiger partial charge on any atom is 0.145 e. The van der Waals surface area contributed by atoms with E-state index < -0.39 is 0 Å². The first kappa shape index (κ1) is 11.3. The lowest BCUT2D eigenvalue weighted by Crippen LogP contribution is -2.02. The van der Waals surface area contributed by atoms with Crippen molar-refractivity contribution >= 4 is 5.82 Å². The van der Waals surface area contributed by atoms with Gasteiger partial charge in [0.05, 0.1) is 12.8 Å². The van der Waals surface area contributed by atoms with Gasteiger partial charge in [0.1, 0.15) is 23.9 Å². The second kappa shape index (κ2) is 4.78. The van der Waals surface area contributed by atoms with E-state index in [1.165, 1.54) is 0 Å². The molecular formula is C12H15N3O2. The van der Waals surface area contributed by atoms with Crippen LogP contribution in [0.3, 0.4) is 0 Å². The highest BCUT2D eigenvalue weighted by Crippen LogP contribution is 2.18. The fourth-order valence-electron chi connectivity index (χ4n) is 1.49. The number of hydrogen-bond donors (Lipinski definition) is 1. The summed E-state index contributed by atoms with van der Waals surface area (Å²) in [6.07, 6.45) is 0. The third kappa shape index (κ3) is 2.69. The number of nitrogens with zero attached hydrogens (tertiary/aromatic N) is 2. The van der Waals surface area contributed by atoms with Gasteiger partial charge in [0.15, 0.2) is 0 Å². The number of benzene rings is 1. The summed E-state index contributed by atoms with van der Waals surface area (Å²) in [4.78, 5) is 0. The molecule has 17 heavy (non-hydrogen) atoms. The van der Waals surface area contributed by atoms with Crippen LogP contribution < -0.4 is 15.2 Å². The second-order valence-electron chi connectivity index (χ2n) is 3.65. The van der Waals surface area contributed by atoms with Gasteiger partial charge in [-0.3, -0.25) is 4.68 Å². The Labute approximate surface area is 99.8 Å². The van der Waals surface area contributed by atoms with Crippen LogP contribution in [0.4, 0.5) is 5.82 Å². The normalized spacial score (nSPS) is 10.2. The van der Waals surface area contributed by atoms with E-state index >= 15 is 0 Å². The van der Waals surface area contributed by atoms with Crippen LogP contribution in [0, 0.1) is 0 Å². The Hall–Kier alpha value is -2.17. The van der Waals surface area contributed by atoms with E-state index in [9.17, 15) is 0 Å². The van der Waals surface area contributed by atoms with Crippen LogP contribution in [-0.4, -0.2) is 16.9 Å². The number of ether oxygens (including phenoxy) is 2. The molecule has 0 unspecified atom stereocenters. The highest BCUT2D eigenvalue weighted by molar-refractivity contribution is 5.32. The van der Waals surface area contributed by atoms with Crippen LogP contribution in [0.5, 0.6) is 11.5 Å². The van der Waals surface area contributed by atoms with E-state index in [1.807, 2.05) is 31.3 Å². The molecule has 0 amide bonds. The highest BCUT2D eigenvalue weighted by Gasteiger charge is 2.03. The molecule has 5 nitrogen and oxygen atoms in total. The Bertz CT molecular complexity index is 491. The Balaban J connectivity index is 1.99. The lowest BCUT2D eigenvalue weighted by atomic mass is 10.3. The number of rotatable bonds is 4. The summed E-state index contributed by atoms with van der Waals surface area (Å²) in [7, 11) is 3.47. The lowest BCUT2D eigenvalue weighted by Gasteiger charge is -2.06. The molecule has 2 N–H and O–H groups in total. The largest absolute Gasteiger partial charge is 0.497 e. The number of nitrogens with two attached hydrogens (primary N) is 1. The first-order chi connectivity index (χ1) is 8.19. The van der Waals surface area contributed by atoms with Gasteiger partial charge in [0.2, 0.25) is 0 Å². The molecule has 1 aromatic carbocycles. The molecule has 0 spiro atoms. The maximum absolute atomic E-state index is 5.61. The molecule has 0 saturated heterocycles. The summed E-state index contributed by atoms with van der Waals surface area (Å²) < 4.78 is 12.4. The molecule has 1 heterocycles. The minimum absolute atomic E-state index is 0.438. The quantitative estimate of drug-likeness (QED) is 0.871. The van der Waals surface area contributed by atoms with Gasteiger partial charge in [-0.15, -0.1) is 0 Å². The van der Waals surface area contributed by atoms with Gasteiger partial charge in [0, 0.05) is 13.1 Å². The topological polar surface area (TPSA) is 62.3 Å². The van der Waals surface area contributed by atoms with E-state index in [-0.39, 0.29) is 0 Å². The van der Waals surface area contributed by atoms with Crippen molar-refractivity contribution in [3.8, 4) is 11.5 Å². The first-order valence-electron chi connectivity index (χ1n) is 5.24. The maximum atomic E-state index is 5.61. The average Bonchev–Trinajstić information content (AvgIpc) is 2.66. The lowest BCUT2D eigenvalue weighted by molar-refractivity contribution is 0.294. The van der Waals surface area contributed by atoms with Crippen molar-refractivity contribution in [1.29, 1.82) is 0 Å². The third-order valence-electron chi connectivity index (χ3n) is 2.44. The molecule has 1 aromatic heterocycles. The summed E-state index contributed by atoms with van der Waals surface area (Å²) in [5, 5.41) is 4.05. The number of hydrogen-bond acceptors (Lipinski definition) is 4. The Morgan fingerprint density at radius 2 is 1.88 bits per heavy atom. The number of methoxy groups -OCH3 is 1. The molecule has 0 aliphatic heterocycles. The van der Waals surface area contributed by atoms with E-state index in [2.05, 4.69) is 5.10 Å². The van der Waals surface area contributed by atoms with Crippen molar-refractivity contribution in [3.63, 3.8) is 0 Å². The van der Waals surface area contributed by atoms with Gasteiger partial charge >= 0.3 is 0 Å². The van der Waals surface area contributed by atoms with Crippen LogP contribution in [0.1, 0.15) is 5.69 Å². The molecule has 90 valence electrons. The van der Waals surface area contributed by atoms with E-state index in [0.717, 1.165) is 17.2 Å². The van der Waals surface area contributed by atoms with Crippen LogP contribution in [0.25, 0.3) is 0 Å². The van der Waals surface area contributed by atoms with Crippen molar-refractivity contribution in [2.24, 2.45) is 7.05 Å². The average molecular weight is 233 g/mol. The zero-order valence-electron chi connectivity index (χ0n) is 9.88. The summed E-state index contributed by atoms with van der Waals surface area (Å²) in [5.41, 5.74) is 6.51. The predicted octanol–water partition coefficient (Wildman–Crippen LogP) is 1.59. The molecule has 2 aromatic rings. The highest BCUT2D eigenvalue weighted by atomic mass is 16.5. The molecular weight excluding hydrogens is 218 g/mol. The molecule has 0 aliphatic carbocycles. The van der Waals surface area contributed by atoms with Crippen LogP contribution in [0.15, 0.2) is 30.3 Å². The third-order valence-corrected chi connectivity index (χ3v) is 2.44. The van der Waals surface area contributed by atoms with Crippen molar-refractivity contribution in [3.05, 3.63) is 36.0 Å². The molecule has 0 aliphatic rings. The smallest absolute Gasteiger partial charge is 0.145 e. The van der Waals surface area contributed by atoms with Gasteiger partial charge in [-0.05, 0) is 24.3 Å². The second-order valence-corrected chi connectivity index (χ2v) is 3.65. The summed E-state index contributed by atoms with van der Waals surface area (Å²) >= 11 is 0. The number of aryl methyl sites for hydroxylation is 1. The molecule has 0 radical (unpaired) electrons. The summed E-state index contributed by atoms with van der Waals surface area (Å²) in [6.45, 7) is 0.438. The minimum Gasteiger partial charge on any atom is -0.497 e. The number of aromatic nitrogens is 2. The SMILES string of the molecule is COc1ccc(OCc2cc(N)nn2C)cc1. The molecule has 5 heteroatoms. The first-order valence-corrected chi connectivity index (χ1v) is 5.24. The minimum atomic E-state index is 0.438. The van der Waals surface area contributed by atoms with Crippen LogP contribution in [0.2, 0.25) is 0 Å². The zero-order valence-corrected chi connectivity index (χ0v) is 9.88. The number of anilines is 1. The van der Waals surface area contributed by atoms with Gasteiger partial charge in [-0.2, -0.15) is 5.10 Å². The van der Waals surface area contributed by atoms with E-state index in [4.69, 9.17) is 15.2 Å². The molecule has 0 bridgehead atoms. The monoisotopic (exact) mass is 233 g/mol. The van der Waals surface area contributed by atoms with Crippen molar-refractivity contribution in [2.75, 3.05) is 12.8 Å². The van der Waals surface area contributed by atoms with Gasteiger partial charge in [-0.1, -0.05) is 0 Å². The van der Waals surface area contributed by atoms with Gasteiger partial charge < -0.3 is 15.2 Å². The van der Waals surface area contributed by atoms with Crippen molar-refractivity contribution < 1.29 is 9.47 Å². The summed E-state index contributed by atoms with van der Waals surface area (Å²) in [5.74, 6) is 2.09. The molecule has 0 atom stereocenters. The fourth-order valence-corrected chi connectivity index (χ4v) is 1.49. The van der Waals surface area contributed by atoms with E-state index in [0.29, 0.717) is 12.4 Å². The van der Waals surface area contributed by atoms with Gasteiger partial charge in [-0.25, -0.2) is 0 Å². The van der Waals surface area contributed by atoms with Crippen molar-refractivity contribution in [2.45, 2.75) is 6.61 Å². The zero-order chi connectivity index (χ0) is 12.3. The Morgan fingerprint density at radius 3 is 2.41 bits per heavy atom. The van der Waals surface area contributed by atoms with E-state index in [1.54, 1.807) is 17.9 Å². The molecule has 0 fully saturated rings. The molecule has 0 saturated carbocycles.